The number of benzene rings is 2. The number of hydrogen-bond acceptors (Lipinski definition) is 4. The third-order valence-electron chi connectivity index (χ3n) is 6.09. The number of rotatable bonds is 7. The van der Waals surface area contributed by atoms with Gasteiger partial charge in [0.25, 0.3) is 0 Å². The third-order valence-corrected chi connectivity index (χ3v) is 6.09. The van der Waals surface area contributed by atoms with Crippen molar-refractivity contribution in [1.29, 1.82) is 0 Å². The molecule has 3 unspecified atom stereocenters. The van der Waals surface area contributed by atoms with Gasteiger partial charge in [-0.1, -0.05) is 44.2 Å². The molecule has 1 saturated heterocycles. The van der Waals surface area contributed by atoms with E-state index >= 15 is 0 Å². The molecule has 3 atom stereocenters. The zero-order valence-electron chi connectivity index (χ0n) is 19.4. The quantitative estimate of drug-likeness (QED) is 0.536. The van der Waals surface area contributed by atoms with Crippen molar-refractivity contribution in [3.05, 3.63) is 89.1 Å². The van der Waals surface area contributed by atoms with Crippen LogP contribution in [0, 0.1) is 11.6 Å². The summed E-state index contributed by atoms with van der Waals surface area (Å²) in [5, 5.41) is 2.79. The molecule has 1 aromatic heterocycles. The normalized spacial score (nSPS) is 18.6. The first kappa shape index (κ1) is 24.5. The van der Waals surface area contributed by atoms with Crippen LogP contribution in [0.5, 0.6) is 0 Å². The summed E-state index contributed by atoms with van der Waals surface area (Å²) >= 11 is 0. The number of halogens is 3. The maximum absolute atomic E-state index is 14.8. The van der Waals surface area contributed by atoms with Crippen molar-refractivity contribution < 1.29 is 27.2 Å². The standard InChI is InChI=1S/C26H26F3N3O3/c1-15(2)24-19(28)10-17(11-20(24)29)25(16-6-4-3-5-7-16)31-26(34)21-12-18(27)14-32(21)23(33)13-22-30-8-9-35-22/h3-11,15,18,21,25H,12-14H2,1-2H3,(H,31,34). The van der Waals surface area contributed by atoms with Gasteiger partial charge in [-0.3, -0.25) is 9.59 Å². The number of nitrogens with zero attached hydrogens (tertiary/aromatic N) is 2. The predicted octanol–water partition coefficient (Wildman–Crippen LogP) is 4.46. The fraction of sp³-hybridized carbons (Fsp3) is 0.346. The van der Waals surface area contributed by atoms with Gasteiger partial charge < -0.3 is 14.6 Å². The summed E-state index contributed by atoms with van der Waals surface area (Å²) in [4.78, 5) is 31.1. The molecule has 0 spiro atoms. The van der Waals surface area contributed by atoms with Crippen molar-refractivity contribution in [3.8, 4) is 0 Å². The van der Waals surface area contributed by atoms with Crippen molar-refractivity contribution >= 4 is 11.8 Å². The second-order valence-electron chi connectivity index (χ2n) is 8.90. The van der Waals surface area contributed by atoms with Crippen LogP contribution in [0.15, 0.2) is 59.3 Å². The van der Waals surface area contributed by atoms with Gasteiger partial charge in [-0.25, -0.2) is 18.2 Å². The monoisotopic (exact) mass is 485 g/mol. The number of hydrogen-bond donors (Lipinski definition) is 1. The number of carbonyl (C=O) groups is 2. The molecule has 3 aromatic rings. The SMILES string of the molecule is CC(C)c1c(F)cc(C(NC(=O)C2CC(F)CN2C(=O)Cc2ncco2)c2ccccc2)cc1F. The Morgan fingerprint density at radius 3 is 2.43 bits per heavy atom. The van der Waals surface area contributed by atoms with Gasteiger partial charge in [-0.15, -0.1) is 0 Å². The van der Waals surface area contributed by atoms with Crippen molar-refractivity contribution in [2.45, 2.75) is 50.9 Å². The molecule has 184 valence electrons. The summed E-state index contributed by atoms with van der Waals surface area (Å²) in [6, 6.07) is 9.11. The van der Waals surface area contributed by atoms with E-state index in [2.05, 4.69) is 10.3 Å². The molecular weight excluding hydrogens is 459 g/mol. The van der Waals surface area contributed by atoms with E-state index < -0.39 is 41.7 Å². The van der Waals surface area contributed by atoms with E-state index in [1.54, 1.807) is 44.2 Å². The number of carbonyl (C=O) groups excluding carboxylic acids is 2. The second-order valence-corrected chi connectivity index (χ2v) is 8.90. The third kappa shape index (κ3) is 5.39. The van der Waals surface area contributed by atoms with Crippen LogP contribution >= 0.6 is 0 Å². The molecule has 1 fully saturated rings. The molecule has 9 heteroatoms. The van der Waals surface area contributed by atoms with Gasteiger partial charge >= 0.3 is 0 Å². The molecular formula is C26H26F3N3O3. The van der Waals surface area contributed by atoms with Gasteiger partial charge in [-0.2, -0.15) is 0 Å². The maximum atomic E-state index is 14.8. The van der Waals surface area contributed by atoms with Gasteiger partial charge in [0.05, 0.1) is 18.8 Å². The smallest absolute Gasteiger partial charge is 0.243 e. The highest BCUT2D eigenvalue weighted by Gasteiger charge is 2.40. The van der Waals surface area contributed by atoms with Crippen LogP contribution in [0.2, 0.25) is 0 Å². The molecule has 1 aliphatic rings. The highest BCUT2D eigenvalue weighted by atomic mass is 19.1. The van der Waals surface area contributed by atoms with E-state index in [1.165, 1.54) is 24.6 Å². The minimum atomic E-state index is -1.38. The van der Waals surface area contributed by atoms with E-state index in [1.807, 2.05) is 0 Å². The number of alkyl halides is 1. The van der Waals surface area contributed by atoms with Crippen molar-refractivity contribution in [2.24, 2.45) is 0 Å². The Kier molecular flexibility index (Phi) is 7.23. The van der Waals surface area contributed by atoms with Crippen molar-refractivity contribution in [1.82, 2.24) is 15.2 Å². The lowest BCUT2D eigenvalue weighted by atomic mass is 9.93. The average Bonchev–Trinajstić information content (AvgIpc) is 3.46. The fourth-order valence-electron chi connectivity index (χ4n) is 4.45. The van der Waals surface area contributed by atoms with Crippen molar-refractivity contribution in [2.75, 3.05) is 6.54 Å². The van der Waals surface area contributed by atoms with E-state index in [0.717, 1.165) is 4.90 Å². The Balaban J connectivity index is 1.62. The Labute approximate surface area is 201 Å². The number of nitrogens with one attached hydrogen (secondary N) is 1. The minimum absolute atomic E-state index is 0.0359. The molecule has 1 aliphatic heterocycles. The average molecular weight is 486 g/mol. The van der Waals surface area contributed by atoms with Gasteiger partial charge in [0, 0.05) is 12.0 Å². The Bertz CT molecular complexity index is 1160. The van der Waals surface area contributed by atoms with Crippen LogP contribution in [0.3, 0.4) is 0 Å². The molecule has 35 heavy (non-hydrogen) atoms. The molecule has 4 rings (SSSR count). The maximum Gasteiger partial charge on any atom is 0.243 e. The van der Waals surface area contributed by atoms with Crippen LogP contribution in [0.25, 0.3) is 0 Å². The Morgan fingerprint density at radius 1 is 1.14 bits per heavy atom. The summed E-state index contributed by atoms with van der Waals surface area (Å²) < 4.78 is 49.0. The molecule has 2 aromatic carbocycles. The molecule has 0 radical (unpaired) electrons. The Hall–Kier alpha value is -3.62. The van der Waals surface area contributed by atoms with E-state index in [9.17, 15) is 22.8 Å². The largest absolute Gasteiger partial charge is 0.448 e. The van der Waals surface area contributed by atoms with Gasteiger partial charge in [0.2, 0.25) is 17.7 Å². The number of aromatic nitrogens is 1. The zero-order chi connectivity index (χ0) is 25.1. The molecule has 6 nitrogen and oxygen atoms in total. The van der Waals surface area contributed by atoms with Crippen LogP contribution < -0.4 is 5.32 Å². The molecule has 0 aliphatic carbocycles. The lowest BCUT2D eigenvalue weighted by molar-refractivity contribution is -0.138. The van der Waals surface area contributed by atoms with E-state index in [-0.39, 0.29) is 42.3 Å². The summed E-state index contributed by atoms with van der Waals surface area (Å²) in [5.74, 6) is -2.74. The van der Waals surface area contributed by atoms with Crippen LogP contribution in [0.4, 0.5) is 13.2 Å². The summed E-state index contributed by atoms with van der Waals surface area (Å²) in [6.45, 7) is 3.14. The molecule has 0 bridgehead atoms. The number of oxazole rings is 1. The summed E-state index contributed by atoms with van der Waals surface area (Å²) in [5.41, 5.74) is 0.757. The van der Waals surface area contributed by atoms with Gasteiger partial charge in [0.1, 0.15) is 36.5 Å². The second kappa shape index (κ2) is 10.3. The summed E-state index contributed by atoms with van der Waals surface area (Å²) in [7, 11) is 0. The topological polar surface area (TPSA) is 75.4 Å². The summed E-state index contributed by atoms with van der Waals surface area (Å²) in [6.07, 6.45) is 0.942. The van der Waals surface area contributed by atoms with Gasteiger partial charge in [0.15, 0.2) is 0 Å². The van der Waals surface area contributed by atoms with Crippen LogP contribution in [-0.2, 0) is 16.0 Å². The lowest BCUT2D eigenvalue weighted by Crippen LogP contribution is -2.47. The van der Waals surface area contributed by atoms with Crippen LogP contribution in [-0.4, -0.2) is 40.5 Å². The highest BCUT2D eigenvalue weighted by Crippen LogP contribution is 2.30. The molecule has 2 heterocycles. The number of likely N-dealkylation sites (tertiary alicyclic amines) is 1. The first-order valence-electron chi connectivity index (χ1n) is 11.4. The van der Waals surface area contributed by atoms with Gasteiger partial charge in [-0.05, 0) is 29.2 Å². The van der Waals surface area contributed by atoms with Crippen LogP contribution in [0.1, 0.15) is 54.8 Å². The lowest BCUT2D eigenvalue weighted by Gasteiger charge is -2.27. The first-order chi connectivity index (χ1) is 16.7. The van der Waals surface area contributed by atoms with Crippen molar-refractivity contribution in [3.63, 3.8) is 0 Å². The minimum Gasteiger partial charge on any atom is -0.448 e. The molecule has 1 N–H and O–H groups in total. The highest BCUT2D eigenvalue weighted by molar-refractivity contribution is 5.89. The molecule has 2 amide bonds. The fourth-order valence-corrected chi connectivity index (χ4v) is 4.45. The molecule has 0 saturated carbocycles. The Morgan fingerprint density at radius 2 is 1.83 bits per heavy atom. The van der Waals surface area contributed by atoms with E-state index in [4.69, 9.17) is 4.42 Å². The zero-order valence-corrected chi connectivity index (χ0v) is 19.4. The number of amides is 2. The van der Waals surface area contributed by atoms with E-state index in [0.29, 0.717) is 5.56 Å². The first-order valence-corrected chi connectivity index (χ1v) is 11.4. The predicted molar refractivity (Wildman–Crippen MR) is 122 cm³/mol.